The van der Waals surface area contributed by atoms with Gasteiger partial charge in [0.15, 0.2) is 0 Å². The monoisotopic (exact) mass is 516 g/mol. The van der Waals surface area contributed by atoms with E-state index in [-0.39, 0.29) is 28.4 Å². The van der Waals surface area contributed by atoms with E-state index in [1.807, 2.05) is 23.6 Å². The second-order valence-corrected chi connectivity index (χ2v) is 8.72. The first-order chi connectivity index (χ1) is 17.8. The summed E-state index contributed by atoms with van der Waals surface area (Å²) in [4.78, 5) is 39.7. The molecule has 1 aromatic heterocycles. The molecule has 0 aliphatic carbocycles. The summed E-state index contributed by atoms with van der Waals surface area (Å²) in [6.45, 7) is 0. The van der Waals surface area contributed by atoms with Crippen molar-refractivity contribution in [2.45, 2.75) is 5.92 Å². The van der Waals surface area contributed by atoms with Gasteiger partial charge in [0.1, 0.15) is 17.2 Å². The number of anilines is 1. The topological polar surface area (TPSA) is 149 Å². The molecule has 1 unspecified atom stereocenters. The molecule has 4 rings (SSSR count). The Morgan fingerprint density at radius 2 is 1.78 bits per heavy atom. The summed E-state index contributed by atoms with van der Waals surface area (Å²) in [5, 5.41) is 24.1. The van der Waals surface area contributed by atoms with E-state index in [2.05, 4.69) is 0 Å². The summed E-state index contributed by atoms with van der Waals surface area (Å²) in [6, 6.07) is 18.5. The molecular weight excluding hydrogens is 496 g/mol. The van der Waals surface area contributed by atoms with Crippen molar-refractivity contribution in [2.75, 3.05) is 19.1 Å². The predicted octanol–water partition coefficient (Wildman–Crippen LogP) is 4.22. The molecule has 0 fully saturated rings. The number of nitro benzene ring substituents is 1. The quantitative estimate of drug-likeness (QED) is 0.289. The number of thiophene rings is 1. The summed E-state index contributed by atoms with van der Waals surface area (Å²) in [5.41, 5.74) is 6.37. The highest BCUT2D eigenvalue weighted by Crippen LogP contribution is 2.46. The SMILES string of the molecule is COC(=O)C1=C(C(=O)OC)N(c2cc(-c3cccs3)ccc2[N+](=O)[O-])C(N)=C(C#N)C1c1ccccc1. The van der Waals surface area contributed by atoms with Crippen LogP contribution in [0.1, 0.15) is 11.5 Å². The fourth-order valence-electron chi connectivity index (χ4n) is 4.22. The zero-order valence-corrected chi connectivity index (χ0v) is 20.5. The number of methoxy groups -OCH3 is 2. The Morgan fingerprint density at radius 3 is 2.35 bits per heavy atom. The van der Waals surface area contributed by atoms with Gasteiger partial charge in [0.25, 0.3) is 5.69 Å². The number of nitro groups is 1. The molecule has 10 nitrogen and oxygen atoms in total. The smallest absolute Gasteiger partial charge is 0.355 e. The molecule has 1 atom stereocenters. The zero-order chi connectivity index (χ0) is 26.7. The first-order valence-electron chi connectivity index (χ1n) is 10.8. The molecular formula is C26H20N4O6S. The highest BCUT2D eigenvalue weighted by atomic mass is 32.1. The number of ether oxygens (including phenoxy) is 2. The third-order valence-electron chi connectivity index (χ3n) is 5.83. The lowest BCUT2D eigenvalue weighted by atomic mass is 9.81. The third kappa shape index (κ3) is 4.41. The Kier molecular flexibility index (Phi) is 7.04. The average Bonchev–Trinajstić information content (AvgIpc) is 3.46. The largest absolute Gasteiger partial charge is 0.466 e. The van der Waals surface area contributed by atoms with E-state index < -0.39 is 28.5 Å². The van der Waals surface area contributed by atoms with E-state index >= 15 is 0 Å². The predicted molar refractivity (Wildman–Crippen MR) is 136 cm³/mol. The Labute approximate surface area is 215 Å². The van der Waals surface area contributed by atoms with Crippen molar-refractivity contribution in [1.29, 1.82) is 5.26 Å². The first kappa shape index (κ1) is 25.2. The Hall–Kier alpha value is -4.95. The van der Waals surface area contributed by atoms with Gasteiger partial charge in [0.2, 0.25) is 0 Å². The number of nitrogens with two attached hydrogens (primary N) is 1. The minimum absolute atomic E-state index is 0.0879. The van der Waals surface area contributed by atoms with Crippen molar-refractivity contribution in [3.63, 3.8) is 0 Å². The number of esters is 2. The number of rotatable bonds is 6. The Morgan fingerprint density at radius 1 is 1.08 bits per heavy atom. The standard InChI is InChI=1S/C26H20N4O6S/c1-35-25(31)22-21(15-7-4-3-5-8-15)17(14-27)24(28)29(23(22)26(32)36-2)19-13-16(20-9-6-12-37-20)10-11-18(19)30(33)34/h3-13,21H,28H2,1-2H3. The van der Waals surface area contributed by atoms with Crippen LogP contribution in [0.25, 0.3) is 10.4 Å². The molecule has 0 bridgehead atoms. The average molecular weight is 517 g/mol. The molecule has 2 N–H and O–H groups in total. The van der Waals surface area contributed by atoms with Gasteiger partial charge in [0.05, 0.1) is 42.3 Å². The minimum atomic E-state index is -1.08. The van der Waals surface area contributed by atoms with Gasteiger partial charge in [-0.25, -0.2) is 9.59 Å². The molecule has 186 valence electrons. The lowest BCUT2D eigenvalue weighted by Crippen LogP contribution is -2.41. The molecule has 0 spiro atoms. The van der Waals surface area contributed by atoms with Crippen LogP contribution in [0.15, 0.2) is 88.7 Å². The fraction of sp³-hybridized carbons (Fsp3) is 0.115. The van der Waals surface area contributed by atoms with Crippen LogP contribution in [-0.2, 0) is 19.1 Å². The summed E-state index contributed by atoms with van der Waals surface area (Å²) in [6.07, 6.45) is 0. The molecule has 1 aliphatic heterocycles. The van der Waals surface area contributed by atoms with Crippen LogP contribution in [0, 0.1) is 21.4 Å². The van der Waals surface area contributed by atoms with Crippen molar-refractivity contribution < 1.29 is 24.0 Å². The van der Waals surface area contributed by atoms with Gasteiger partial charge in [0, 0.05) is 10.9 Å². The van der Waals surface area contributed by atoms with Crippen LogP contribution in [0.2, 0.25) is 0 Å². The van der Waals surface area contributed by atoms with Crippen molar-refractivity contribution in [3.05, 3.63) is 104 Å². The lowest BCUT2D eigenvalue weighted by Gasteiger charge is -2.35. The first-order valence-corrected chi connectivity index (χ1v) is 11.7. The maximum Gasteiger partial charge on any atom is 0.355 e. The molecule has 0 saturated heterocycles. The van der Waals surface area contributed by atoms with Crippen LogP contribution in [0.4, 0.5) is 11.4 Å². The fourth-order valence-corrected chi connectivity index (χ4v) is 4.94. The lowest BCUT2D eigenvalue weighted by molar-refractivity contribution is -0.384. The molecule has 3 aromatic rings. The summed E-state index contributed by atoms with van der Waals surface area (Å²) in [5.74, 6) is -3.24. The van der Waals surface area contributed by atoms with Gasteiger partial charge in [-0.15, -0.1) is 11.3 Å². The second-order valence-electron chi connectivity index (χ2n) is 7.77. The highest BCUT2D eigenvalue weighted by molar-refractivity contribution is 7.13. The van der Waals surface area contributed by atoms with Gasteiger partial charge in [-0.05, 0) is 34.7 Å². The number of hydrogen-bond donors (Lipinski definition) is 1. The minimum Gasteiger partial charge on any atom is -0.466 e. The molecule has 37 heavy (non-hydrogen) atoms. The van der Waals surface area contributed by atoms with E-state index in [9.17, 15) is 25.0 Å². The highest BCUT2D eigenvalue weighted by Gasteiger charge is 2.44. The van der Waals surface area contributed by atoms with Crippen LogP contribution in [0.5, 0.6) is 0 Å². The molecule has 0 radical (unpaired) electrons. The third-order valence-corrected chi connectivity index (χ3v) is 6.75. The van der Waals surface area contributed by atoms with E-state index in [1.54, 1.807) is 36.4 Å². The van der Waals surface area contributed by atoms with Crippen molar-refractivity contribution >= 4 is 34.7 Å². The van der Waals surface area contributed by atoms with E-state index in [0.29, 0.717) is 11.1 Å². The van der Waals surface area contributed by atoms with E-state index in [4.69, 9.17) is 15.2 Å². The number of carbonyl (C=O) groups is 2. The number of carbonyl (C=O) groups excluding carboxylic acids is 2. The van der Waals surface area contributed by atoms with Crippen LogP contribution >= 0.6 is 11.3 Å². The van der Waals surface area contributed by atoms with Crippen LogP contribution < -0.4 is 10.6 Å². The Balaban J connectivity index is 2.12. The normalized spacial score (nSPS) is 15.3. The second kappa shape index (κ2) is 10.3. The molecule has 2 aromatic carbocycles. The van der Waals surface area contributed by atoms with Crippen LogP contribution in [0.3, 0.4) is 0 Å². The van der Waals surface area contributed by atoms with Gasteiger partial charge in [-0.2, -0.15) is 5.26 Å². The van der Waals surface area contributed by atoms with Crippen molar-refractivity contribution in [1.82, 2.24) is 0 Å². The molecule has 0 amide bonds. The number of allylic oxidation sites excluding steroid dienone is 1. The molecule has 1 aliphatic rings. The molecule has 0 saturated carbocycles. The number of benzene rings is 2. The summed E-state index contributed by atoms with van der Waals surface area (Å²) < 4.78 is 10.00. The van der Waals surface area contributed by atoms with Crippen LogP contribution in [-0.4, -0.2) is 31.1 Å². The van der Waals surface area contributed by atoms with Gasteiger partial charge >= 0.3 is 11.9 Å². The summed E-state index contributed by atoms with van der Waals surface area (Å²) >= 11 is 1.41. The van der Waals surface area contributed by atoms with Gasteiger partial charge in [-0.3, -0.25) is 15.0 Å². The van der Waals surface area contributed by atoms with Gasteiger partial charge in [-0.1, -0.05) is 36.4 Å². The van der Waals surface area contributed by atoms with Crippen molar-refractivity contribution in [2.24, 2.45) is 5.73 Å². The number of hydrogen-bond acceptors (Lipinski definition) is 10. The maximum atomic E-state index is 13.2. The molecule has 2 heterocycles. The number of nitriles is 1. The summed E-state index contributed by atoms with van der Waals surface area (Å²) in [7, 11) is 2.24. The maximum absolute atomic E-state index is 13.2. The van der Waals surface area contributed by atoms with E-state index in [0.717, 1.165) is 24.0 Å². The number of nitrogens with zero attached hydrogens (tertiary/aromatic N) is 3. The molecule has 11 heteroatoms. The van der Waals surface area contributed by atoms with E-state index in [1.165, 1.54) is 23.5 Å². The zero-order valence-electron chi connectivity index (χ0n) is 19.7. The Bertz CT molecular complexity index is 1490. The van der Waals surface area contributed by atoms with Gasteiger partial charge < -0.3 is 15.2 Å². The van der Waals surface area contributed by atoms with Crippen molar-refractivity contribution in [3.8, 4) is 16.5 Å².